The van der Waals surface area contributed by atoms with E-state index in [0.29, 0.717) is 24.7 Å². The zero-order valence-corrected chi connectivity index (χ0v) is 8.69. The van der Waals surface area contributed by atoms with E-state index in [9.17, 15) is 13.2 Å². The van der Waals surface area contributed by atoms with Crippen molar-refractivity contribution in [1.29, 1.82) is 0 Å². The summed E-state index contributed by atoms with van der Waals surface area (Å²) < 4.78 is 37.6. The SMILES string of the molecule is CC(C)C1CCC(N)(C(F)(F)F)CC1. The van der Waals surface area contributed by atoms with Crippen molar-refractivity contribution in [2.45, 2.75) is 51.2 Å². The smallest absolute Gasteiger partial charge is 0.318 e. The van der Waals surface area contributed by atoms with Crippen LogP contribution in [-0.2, 0) is 0 Å². The average Bonchev–Trinajstić information content (AvgIpc) is 2.03. The van der Waals surface area contributed by atoms with Gasteiger partial charge in [-0.25, -0.2) is 0 Å². The molecule has 0 radical (unpaired) electrons. The molecule has 0 aliphatic heterocycles. The Bertz CT molecular complexity index is 190. The van der Waals surface area contributed by atoms with Gasteiger partial charge in [0.15, 0.2) is 0 Å². The molecule has 0 aromatic carbocycles. The second kappa shape index (κ2) is 3.72. The Balaban J connectivity index is 2.58. The minimum atomic E-state index is -4.24. The molecule has 2 N–H and O–H groups in total. The predicted octanol–water partition coefficient (Wildman–Crippen LogP) is 3.09. The van der Waals surface area contributed by atoms with Crippen LogP contribution in [-0.4, -0.2) is 11.7 Å². The minimum absolute atomic E-state index is 0.0827. The van der Waals surface area contributed by atoms with E-state index in [1.165, 1.54) is 0 Å². The fourth-order valence-electron chi connectivity index (χ4n) is 2.11. The van der Waals surface area contributed by atoms with Gasteiger partial charge in [0.05, 0.1) is 0 Å². The zero-order valence-electron chi connectivity index (χ0n) is 8.69. The van der Waals surface area contributed by atoms with Crippen LogP contribution >= 0.6 is 0 Å². The van der Waals surface area contributed by atoms with Gasteiger partial charge in [-0.15, -0.1) is 0 Å². The van der Waals surface area contributed by atoms with Crippen LogP contribution in [0, 0.1) is 11.8 Å². The molecule has 4 heteroatoms. The summed E-state index contributed by atoms with van der Waals surface area (Å²) in [4.78, 5) is 0. The number of hydrogen-bond acceptors (Lipinski definition) is 1. The fourth-order valence-corrected chi connectivity index (χ4v) is 2.11. The van der Waals surface area contributed by atoms with Crippen LogP contribution in [0.5, 0.6) is 0 Å². The Morgan fingerprint density at radius 3 is 1.93 bits per heavy atom. The molecule has 1 rings (SSSR count). The Kier molecular flexibility index (Phi) is 3.14. The largest absolute Gasteiger partial charge is 0.406 e. The van der Waals surface area contributed by atoms with Gasteiger partial charge in [-0.05, 0) is 37.5 Å². The van der Waals surface area contributed by atoms with Gasteiger partial charge >= 0.3 is 6.18 Å². The maximum Gasteiger partial charge on any atom is 0.406 e. The highest BCUT2D eigenvalue weighted by Crippen LogP contribution is 2.42. The first-order valence-electron chi connectivity index (χ1n) is 5.12. The lowest BCUT2D eigenvalue weighted by Crippen LogP contribution is -2.55. The Morgan fingerprint density at radius 2 is 1.64 bits per heavy atom. The number of alkyl halides is 3. The van der Waals surface area contributed by atoms with Crippen molar-refractivity contribution >= 4 is 0 Å². The van der Waals surface area contributed by atoms with Crippen molar-refractivity contribution < 1.29 is 13.2 Å². The zero-order chi connectivity index (χ0) is 11.0. The molecular formula is C10H18F3N. The van der Waals surface area contributed by atoms with E-state index in [0.717, 1.165) is 0 Å². The van der Waals surface area contributed by atoms with Gasteiger partial charge in [0.2, 0.25) is 0 Å². The Hall–Kier alpha value is -0.250. The Morgan fingerprint density at radius 1 is 1.21 bits per heavy atom. The second-order valence-corrected chi connectivity index (χ2v) is 4.74. The lowest BCUT2D eigenvalue weighted by molar-refractivity contribution is -0.196. The molecule has 1 fully saturated rings. The van der Waals surface area contributed by atoms with Crippen molar-refractivity contribution in [2.75, 3.05) is 0 Å². The molecule has 0 bridgehead atoms. The molecule has 0 saturated heterocycles. The quantitative estimate of drug-likeness (QED) is 0.705. The van der Waals surface area contributed by atoms with Gasteiger partial charge < -0.3 is 5.73 Å². The average molecular weight is 209 g/mol. The number of rotatable bonds is 1. The number of halogens is 3. The van der Waals surface area contributed by atoms with Crippen LogP contribution in [0.1, 0.15) is 39.5 Å². The van der Waals surface area contributed by atoms with E-state index in [4.69, 9.17) is 5.73 Å². The van der Waals surface area contributed by atoms with Gasteiger partial charge in [-0.2, -0.15) is 13.2 Å². The maximum atomic E-state index is 12.5. The van der Waals surface area contributed by atoms with Crippen molar-refractivity contribution in [3.63, 3.8) is 0 Å². The predicted molar refractivity (Wildman–Crippen MR) is 49.8 cm³/mol. The number of hydrogen-bond donors (Lipinski definition) is 1. The molecular weight excluding hydrogens is 191 g/mol. The van der Waals surface area contributed by atoms with E-state index in [-0.39, 0.29) is 12.8 Å². The monoisotopic (exact) mass is 209 g/mol. The van der Waals surface area contributed by atoms with Crippen LogP contribution < -0.4 is 5.73 Å². The van der Waals surface area contributed by atoms with E-state index in [1.54, 1.807) is 0 Å². The lowest BCUT2D eigenvalue weighted by atomic mass is 9.73. The van der Waals surface area contributed by atoms with Crippen molar-refractivity contribution in [2.24, 2.45) is 17.6 Å². The maximum absolute atomic E-state index is 12.5. The van der Waals surface area contributed by atoms with Gasteiger partial charge in [-0.3, -0.25) is 0 Å². The molecule has 1 saturated carbocycles. The van der Waals surface area contributed by atoms with Gasteiger partial charge in [0.25, 0.3) is 0 Å². The summed E-state index contributed by atoms with van der Waals surface area (Å²) in [5, 5.41) is 0. The summed E-state index contributed by atoms with van der Waals surface area (Å²) in [7, 11) is 0. The Labute approximate surface area is 82.9 Å². The standard InChI is InChI=1S/C10H18F3N/c1-7(2)8-3-5-9(14,6-4-8)10(11,12)13/h7-8H,3-6,14H2,1-2H3. The molecule has 0 spiro atoms. The second-order valence-electron chi connectivity index (χ2n) is 4.74. The molecule has 0 atom stereocenters. The van der Waals surface area contributed by atoms with Crippen molar-refractivity contribution in [3.05, 3.63) is 0 Å². The third kappa shape index (κ3) is 2.22. The van der Waals surface area contributed by atoms with Crippen molar-refractivity contribution in [1.82, 2.24) is 0 Å². The molecule has 14 heavy (non-hydrogen) atoms. The van der Waals surface area contributed by atoms with E-state index >= 15 is 0 Å². The van der Waals surface area contributed by atoms with Crippen LogP contribution in [0.25, 0.3) is 0 Å². The van der Waals surface area contributed by atoms with Crippen LogP contribution in [0.4, 0.5) is 13.2 Å². The van der Waals surface area contributed by atoms with Crippen molar-refractivity contribution in [3.8, 4) is 0 Å². The molecule has 1 nitrogen and oxygen atoms in total. The van der Waals surface area contributed by atoms with Gasteiger partial charge in [0, 0.05) is 0 Å². The molecule has 0 heterocycles. The molecule has 0 unspecified atom stereocenters. The van der Waals surface area contributed by atoms with Gasteiger partial charge in [0.1, 0.15) is 5.54 Å². The summed E-state index contributed by atoms with van der Waals surface area (Å²) in [5.41, 5.74) is 3.46. The van der Waals surface area contributed by atoms with Crippen LogP contribution in [0.3, 0.4) is 0 Å². The first kappa shape index (κ1) is 11.8. The summed E-state index contributed by atoms with van der Waals surface area (Å²) in [5.74, 6) is 0.877. The van der Waals surface area contributed by atoms with Gasteiger partial charge in [-0.1, -0.05) is 13.8 Å². The first-order valence-corrected chi connectivity index (χ1v) is 5.12. The van der Waals surface area contributed by atoms with Crippen LogP contribution in [0.15, 0.2) is 0 Å². The summed E-state index contributed by atoms with van der Waals surface area (Å²) >= 11 is 0. The molecule has 0 aromatic rings. The fraction of sp³-hybridized carbons (Fsp3) is 1.00. The third-order valence-corrected chi connectivity index (χ3v) is 3.43. The molecule has 1 aliphatic rings. The highest BCUT2D eigenvalue weighted by molar-refractivity contribution is 4.96. The highest BCUT2D eigenvalue weighted by atomic mass is 19.4. The summed E-state index contributed by atoms with van der Waals surface area (Å²) in [6, 6.07) is 0. The van der Waals surface area contributed by atoms with E-state index in [1.807, 2.05) is 0 Å². The summed E-state index contributed by atoms with van der Waals surface area (Å²) in [6.45, 7) is 4.11. The lowest BCUT2D eigenvalue weighted by Gasteiger charge is -2.39. The molecule has 1 aliphatic carbocycles. The minimum Gasteiger partial charge on any atom is -0.318 e. The summed E-state index contributed by atoms with van der Waals surface area (Å²) in [6.07, 6.45) is -2.87. The third-order valence-electron chi connectivity index (χ3n) is 3.43. The molecule has 84 valence electrons. The van der Waals surface area contributed by atoms with Crippen LogP contribution in [0.2, 0.25) is 0 Å². The molecule has 0 aromatic heterocycles. The first-order chi connectivity index (χ1) is 6.26. The van der Waals surface area contributed by atoms with E-state index in [2.05, 4.69) is 13.8 Å². The van der Waals surface area contributed by atoms with E-state index < -0.39 is 11.7 Å². The molecule has 0 amide bonds. The number of nitrogens with two attached hydrogens (primary N) is 1. The normalized spacial score (nSPS) is 34.9. The highest BCUT2D eigenvalue weighted by Gasteiger charge is 2.52. The topological polar surface area (TPSA) is 26.0 Å².